The lowest BCUT2D eigenvalue weighted by atomic mass is 9.84. The first-order chi connectivity index (χ1) is 7.86. The van der Waals surface area contributed by atoms with Crippen LogP contribution in [0.4, 0.5) is 13.6 Å². The van der Waals surface area contributed by atoms with Gasteiger partial charge in [0.2, 0.25) is 0 Å². The van der Waals surface area contributed by atoms with Crippen LogP contribution >= 0.6 is 0 Å². The number of urea groups is 1. The molecule has 0 atom stereocenters. The third-order valence-electron chi connectivity index (χ3n) is 2.52. The summed E-state index contributed by atoms with van der Waals surface area (Å²) in [5.41, 5.74) is 1.99. The number of nitrogens with two attached hydrogens (primary N) is 1. The summed E-state index contributed by atoms with van der Waals surface area (Å²) in [4.78, 5) is 10.9. The van der Waals surface area contributed by atoms with Gasteiger partial charge in [0.25, 0.3) is 0 Å². The van der Waals surface area contributed by atoms with E-state index in [0.717, 1.165) is 12.1 Å². The van der Waals surface area contributed by atoms with Crippen molar-refractivity contribution in [3.8, 4) is 0 Å². The molecule has 6 heteroatoms. The van der Waals surface area contributed by atoms with E-state index >= 15 is 0 Å². The minimum atomic E-state index is -0.904. The minimum absolute atomic E-state index is 0.251. The highest BCUT2D eigenvalue weighted by Gasteiger charge is 2.22. The summed E-state index contributed by atoms with van der Waals surface area (Å²) >= 11 is 0. The quantitative estimate of drug-likeness (QED) is 0.427. The van der Waals surface area contributed by atoms with Crippen molar-refractivity contribution in [1.82, 2.24) is 10.7 Å². The zero-order valence-corrected chi connectivity index (χ0v) is 9.68. The summed E-state index contributed by atoms with van der Waals surface area (Å²) in [6, 6.07) is 3.15. The van der Waals surface area contributed by atoms with Crippen LogP contribution in [-0.4, -0.2) is 12.6 Å². The number of nitrogens with one attached hydrogen (secondary N) is 2. The molecule has 0 saturated carbocycles. The van der Waals surface area contributed by atoms with E-state index in [0.29, 0.717) is 5.56 Å². The van der Waals surface area contributed by atoms with Gasteiger partial charge >= 0.3 is 6.03 Å². The SMILES string of the molecule is CC(C)(CNC(=O)NN)c1ccc(F)c(F)c1. The third kappa shape index (κ3) is 3.39. The van der Waals surface area contributed by atoms with E-state index in [4.69, 9.17) is 5.84 Å². The predicted molar refractivity (Wildman–Crippen MR) is 60.1 cm³/mol. The van der Waals surface area contributed by atoms with Gasteiger partial charge in [-0.3, -0.25) is 5.43 Å². The molecule has 2 amide bonds. The Morgan fingerprint density at radius 1 is 1.35 bits per heavy atom. The molecule has 0 aliphatic rings. The van der Waals surface area contributed by atoms with Gasteiger partial charge in [-0.1, -0.05) is 19.9 Å². The van der Waals surface area contributed by atoms with Crippen molar-refractivity contribution in [2.75, 3.05) is 6.54 Å². The Hall–Kier alpha value is -1.69. The molecule has 0 radical (unpaired) electrons. The first-order valence-electron chi connectivity index (χ1n) is 5.07. The Morgan fingerprint density at radius 2 is 2.00 bits per heavy atom. The molecule has 94 valence electrons. The number of benzene rings is 1. The fourth-order valence-electron chi connectivity index (χ4n) is 1.37. The van der Waals surface area contributed by atoms with Crippen LogP contribution in [0.25, 0.3) is 0 Å². The molecule has 4 nitrogen and oxygen atoms in total. The van der Waals surface area contributed by atoms with Gasteiger partial charge < -0.3 is 5.32 Å². The molecule has 1 rings (SSSR count). The lowest BCUT2D eigenvalue weighted by molar-refractivity contribution is 0.238. The zero-order valence-electron chi connectivity index (χ0n) is 9.68. The lowest BCUT2D eigenvalue weighted by Crippen LogP contribution is -2.44. The monoisotopic (exact) mass is 243 g/mol. The van der Waals surface area contributed by atoms with E-state index in [1.165, 1.54) is 6.07 Å². The maximum atomic E-state index is 13.1. The second-order valence-electron chi connectivity index (χ2n) is 4.34. The van der Waals surface area contributed by atoms with Crippen LogP contribution in [0.3, 0.4) is 0 Å². The number of hydrogen-bond donors (Lipinski definition) is 3. The second kappa shape index (κ2) is 5.09. The molecule has 0 bridgehead atoms. The molecule has 0 spiro atoms. The normalized spacial score (nSPS) is 11.1. The van der Waals surface area contributed by atoms with Crippen LogP contribution in [-0.2, 0) is 5.41 Å². The summed E-state index contributed by atoms with van der Waals surface area (Å²) in [5, 5.41) is 2.51. The van der Waals surface area contributed by atoms with Crippen molar-refractivity contribution in [2.45, 2.75) is 19.3 Å². The zero-order chi connectivity index (χ0) is 13.1. The van der Waals surface area contributed by atoms with Gasteiger partial charge in [0.1, 0.15) is 0 Å². The van der Waals surface area contributed by atoms with Crippen molar-refractivity contribution in [2.24, 2.45) is 5.84 Å². The standard InChI is InChI=1S/C11H15F2N3O/c1-11(2,6-15-10(17)16-14)7-3-4-8(12)9(13)5-7/h3-5H,6,14H2,1-2H3,(H2,15,16,17). The molecule has 4 N–H and O–H groups in total. The van der Waals surface area contributed by atoms with Crippen molar-refractivity contribution >= 4 is 6.03 Å². The summed E-state index contributed by atoms with van der Waals surface area (Å²) in [5.74, 6) is 3.12. The summed E-state index contributed by atoms with van der Waals surface area (Å²) in [6.45, 7) is 3.86. The maximum absolute atomic E-state index is 13.1. The Labute approximate surface area is 98.2 Å². The lowest BCUT2D eigenvalue weighted by Gasteiger charge is -2.25. The molecule has 1 aromatic rings. The van der Waals surface area contributed by atoms with E-state index in [1.807, 2.05) is 5.43 Å². The van der Waals surface area contributed by atoms with Crippen molar-refractivity contribution in [1.29, 1.82) is 0 Å². The van der Waals surface area contributed by atoms with Gasteiger partial charge in [0.05, 0.1) is 0 Å². The molecule has 0 aromatic heterocycles. The smallest absolute Gasteiger partial charge is 0.328 e. The van der Waals surface area contributed by atoms with Crippen molar-refractivity contribution in [3.05, 3.63) is 35.4 Å². The number of hydrogen-bond acceptors (Lipinski definition) is 2. The van der Waals surface area contributed by atoms with E-state index < -0.39 is 23.1 Å². The van der Waals surface area contributed by atoms with E-state index in [9.17, 15) is 13.6 Å². The van der Waals surface area contributed by atoms with E-state index in [1.54, 1.807) is 13.8 Å². The van der Waals surface area contributed by atoms with Crippen LogP contribution in [0.1, 0.15) is 19.4 Å². The van der Waals surface area contributed by atoms with E-state index in [-0.39, 0.29) is 6.54 Å². The first kappa shape index (κ1) is 13.4. The maximum Gasteiger partial charge on any atom is 0.328 e. The highest BCUT2D eigenvalue weighted by Crippen LogP contribution is 2.23. The van der Waals surface area contributed by atoms with Gasteiger partial charge in [-0.15, -0.1) is 0 Å². The minimum Gasteiger partial charge on any atom is -0.336 e. The van der Waals surface area contributed by atoms with Crippen molar-refractivity contribution < 1.29 is 13.6 Å². The fraction of sp³-hybridized carbons (Fsp3) is 0.364. The Bertz CT molecular complexity index is 421. The van der Waals surface area contributed by atoms with Crippen LogP contribution in [0.2, 0.25) is 0 Å². The van der Waals surface area contributed by atoms with Gasteiger partial charge in [-0.25, -0.2) is 19.4 Å². The molecule has 17 heavy (non-hydrogen) atoms. The van der Waals surface area contributed by atoms with E-state index in [2.05, 4.69) is 5.32 Å². The molecule has 0 heterocycles. The topological polar surface area (TPSA) is 67.2 Å². The second-order valence-corrected chi connectivity index (χ2v) is 4.34. The number of amides is 2. The molecule has 0 aliphatic carbocycles. The summed E-state index contributed by atoms with van der Waals surface area (Å²) in [7, 11) is 0. The van der Waals surface area contributed by atoms with Crippen LogP contribution < -0.4 is 16.6 Å². The number of hydrazine groups is 1. The molecular weight excluding hydrogens is 228 g/mol. The number of carbonyl (C=O) groups is 1. The highest BCUT2D eigenvalue weighted by molar-refractivity contribution is 5.73. The Kier molecular flexibility index (Phi) is 4.01. The van der Waals surface area contributed by atoms with Gasteiger partial charge in [0.15, 0.2) is 11.6 Å². The van der Waals surface area contributed by atoms with Crippen LogP contribution in [0.5, 0.6) is 0 Å². The van der Waals surface area contributed by atoms with Crippen LogP contribution in [0, 0.1) is 11.6 Å². The van der Waals surface area contributed by atoms with Gasteiger partial charge in [0, 0.05) is 12.0 Å². The van der Waals surface area contributed by atoms with Crippen molar-refractivity contribution in [3.63, 3.8) is 0 Å². The molecule has 0 aliphatic heterocycles. The number of carbonyl (C=O) groups excluding carboxylic acids is 1. The molecule has 0 fully saturated rings. The fourth-order valence-corrected chi connectivity index (χ4v) is 1.37. The Morgan fingerprint density at radius 3 is 2.53 bits per heavy atom. The van der Waals surface area contributed by atoms with Crippen LogP contribution in [0.15, 0.2) is 18.2 Å². The first-order valence-corrected chi connectivity index (χ1v) is 5.07. The molecule has 0 saturated heterocycles. The molecule has 1 aromatic carbocycles. The highest BCUT2D eigenvalue weighted by atomic mass is 19.2. The molecule has 0 unspecified atom stereocenters. The average molecular weight is 243 g/mol. The predicted octanol–water partition coefficient (Wildman–Crippen LogP) is 1.42. The van der Waals surface area contributed by atoms with Gasteiger partial charge in [-0.05, 0) is 17.7 Å². The average Bonchev–Trinajstić information content (AvgIpc) is 2.29. The van der Waals surface area contributed by atoms with Gasteiger partial charge in [-0.2, -0.15) is 0 Å². The summed E-state index contributed by atoms with van der Waals surface area (Å²) in [6.07, 6.45) is 0. The Balaban J connectivity index is 2.81. The summed E-state index contributed by atoms with van der Waals surface area (Å²) < 4.78 is 25.9. The molecular formula is C11H15F2N3O. The third-order valence-corrected chi connectivity index (χ3v) is 2.52. The number of rotatable bonds is 3. The largest absolute Gasteiger partial charge is 0.336 e. The number of halogens is 2.